The molecule has 0 bridgehead atoms. The maximum absolute atomic E-state index is 11.2. The fourth-order valence-corrected chi connectivity index (χ4v) is 3.29. The highest BCUT2D eigenvalue weighted by Crippen LogP contribution is 2.26. The first-order valence-corrected chi connectivity index (χ1v) is 9.52. The minimum absolute atomic E-state index is 0.674. The third kappa shape index (κ3) is 5.34. The number of carboxylic acid groups (broad SMARTS) is 1. The highest BCUT2D eigenvalue weighted by molar-refractivity contribution is 5.90. The number of nitrogens with zero attached hydrogens (tertiary/aromatic N) is 1. The molecule has 3 aromatic carbocycles. The summed E-state index contributed by atoms with van der Waals surface area (Å²) in [4.78, 5) is 13.5. The third-order valence-corrected chi connectivity index (χ3v) is 4.69. The van der Waals surface area contributed by atoms with Crippen LogP contribution in [0.4, 0.5) is 5.69 Å². The van der Waals surface area contributed by atoms with Crippen molar-refractivity contribution in [3.05, 3.63) is 108 Å². The van der Waals surface area contributed by atoms with Crippen molar-refractivity contribution in [2.24, 2.45) is 0 Å². The molecule has 142 valence electrons. The van der Waals surface area contributed by atoms with Crippen molar-refractivity contribution in [2.45, 2.75) is 26.4 Å². The second kappa shape index (κ2) is 9.56. The number of aliphatic carboxylic acids is 1. The highest BCUT2D eigenvalue weighted by atomic mass is 16.4. The fourth-order valence-electron chi connectivity index (χ4n) is 3.29. The van der Waals surface area contributed by atoms with Gasteiger partial charge in [-0.1, -0.05) is 79.7 Å². The van der Waals surface area contributed by atoms with E-state index in [1.54, 1.807) is 0 Å². The largest absolute Gasteiger partial charge is 0.478 e. The third-order valence-electron chi connectivity index (χ3n) is 4.69. The minimum atomic E-state index is -0.910. The van der Waals surface area contributed by atoms with Gasteiger partial charge in [0.2, 0.25) is 0 Å². The fraction of sp³-hybridized carbons (Fsp3) is 0.160. The number of hydrogen-bond donors (Lipinski definition) is 1. The summed E-state index contributed by atoms with van der Waals surface area (Å²) in [7, 11) is 0. The Morgan fingerprint density at radius 2 is 1.43 bits per heavy atom. The van der Waals surface area contributed by atoms with Crippen LogP contribution in [-0.2, 0) is 17.9 Å². The van der Waals surface area contributed by atoms with Crippen molar-refractivity contribution in [1.29, 1.82) is 0 Å². The summed E-state index contributed by atoms with van der Waals surface area (Å²) < 4.78 is 0. The van der Waals surface area contributed by atoms with Crippen LogP contribution >= 0.6 is 0 Å². The van der Waals surface area contributed by atoms with E-state index in [4.69, 9.17) is 5.11 Å². The molecule has 0 radical (unpaired) electrons. The van der Waals surface area contributed by atoms with E-state index in [2.05, 4.69) is 65.6 Å². The molecule has 3 aromatic rings. The molecule has 28 heavy (non-hydrogen) atoms. The Bertz CT molecular complexity index is 892. The van der Waals surface area contributed by atoms with Crippen LogP contribution in [-0.4, -0.2) is 11.1 Å². The van der Waals surface area contributed by atoms with E-state index >= 15 is 0 Å². The van der Waals surface area contributed by atoms with E-state index in [1.165, 1.54) is 17.2 Å². The second-order valence-electron chi connectivity index (χ2n) is 6.74. The van der Waals surface area contributed by atoms with Crippen LogP contribution in [0.2, 0.25) is 0 Å². The van der Waals surface area contributed by atoms with Crippen molar-refractivity contribution in [1.82, 2.24) is 0 Å². The number of hydrogen-bond acceptors (Lipinski definition) is 2. The summed E-state index contributed by atoms with van der Waals surface area (Å²) in [6.45, 7) is 3.54. The summed E-state index contributed by atoms with van der Waals surface area (Å²) >= 11 is 0. The lowest BCUT2D eigenvalue weighted by atomic mass is 10.0. The molecule has 0 atom stereocenters. The molecule has 0 fully saturated rings. The average molecular weight is 371 g/mol. The zero-order valence-electron chi connectivity index (χ0n) is 16.1. The van der Waals surface area contributed by atoms with E-state index in [0.717, 1.165) is 29.9 Å². The van der Waals surface area contributed by atoms with Gasteiger partial charge in [-0.15, -0.1) is 0 Å². The van der Waals surface area contributed by atoms with Crippen molar-refractivity contribution < 1.29 is 9.90 Å². The van der Waals surface area contributed by atoms with E-state index < -0.39 is 5.97 Å². The Labute approximate surface area is 166 Å². The van der Waals surface area contributed by atoms with Crippen LogP contribution in [0.25, 0.3) is 5.57 Å². The predicted octanol–water partition coefficient (Wildman–Crippen LogP) is 5.77. The van der Waals surface area contributed by atoms with Gasteiger partial charge < -0.3 is 10.0 Å². The smallest absolute Gasteiger partial charge is 0.328 e. The van der Waals surface area contributed by atoms with Crippen molar-refractivity contribution >= 4 is 17.2 Å². The SMILES string of the molecule is CC/C(=C/C(=O)O)c1cccc(N(Cc2ccccc2)Cc2ccccc2)c1. The molecule has 0 spiro atoms. The lowest BCUT2D eigenvalue weighted by molar-refractivity contribution is -0.131. The molecule has 3 nitrogen and oxygen atoms in total. The van der Waals surface area contributed by atoms with E-state index in [9.17, 15) is 4.79 Å². The Morgan fingerprint density at radius 1 is 0.857 bits per heavy atom. The first-order chi connectivity index (χ1) is 13.7. The molecule has 0 saturated heterocycles. The van der Waals surface area contributed by atoms with Gasteiger partial charge in [-0.25, -0.2) is 4.79 Å². The summed E-state index contributed by atoms with van der Waals surface area (Å²) in [6, 6.07) is 28.9. The van der Waals surface area contributed by atoms with E-state index in [0.29, 0.717) is 6.42 Å². The molecule has 0 saturated carbocycles. The van der Waals surface area contributed by atoms with Gasteiger partial charge in [0.25, 0.3) is 0 Å². The maximum Gasteiger partial charge on any atom is 0.328 e. The Balaban J connectivity index is 1.95. The van der Waals surface area contributed by atoms with Crippen LogP contribution in [0.5, 0.6) is 0 Å². The van der Waals surface area contributed by atoms with Gasteiger partial charge in [0, 0.05) is 24.9 Å². The van der Waals surface area contributed by atoms with Crippen molar-refractivity contribution in [3.63, 3.8) is 0 Å². The van der Waals surface area contributed by atoms with E-state index in [-0.39, 0.29) is 0 Å². The maximum atomic E-state index is 11.2. The van der Waals surface area contributed by atoms with Gasteiger partial charge in [0.1, 0.15) is 0 Å². The first kappa shape index (κ1) is 19.4. The van der Waals surface area contributed by atoms with Crippen LogP contribution in [0.15, 0.2) is 91.0 Å². The number of carboxylic acids is 1. The standard InChI is InChI=1S/C25H25NO2/c1-2-22(17-25(27)28)23-14-9-15-24(16-23)26(18-20-10-5-3-6-11-20)19-21-12-7-4-8-13-21/h3-17H,2,18-19H2,1H3,(H,27,28)/b22-17-. The zero-order chi connectivity index (χ0) is 19.8. The van der Waals surface area contributed by atoms with Gasteiger partial charge in [0.15, 0.2) is 0 Å². The van der Waals surface area contributed by atoms with Crippen LogP contribution in [0.3, 0.4) is 0 Å². The molecule has 3 heteroatoms. The Kier molecular flexibility index (Phi) is 6.64. The van der Waals surface area contributed by atoms with Crippen LogP contribution in [0.1, 0.15) is 30.0 Å². The van der Waals surface area contributed by atoms with Gasteiger partial charge in [-0.2, -0.15) is 0 Å². The molecule has 0 amide bonds. The molecule has 1 N–H and O–H groups in total. The molecular formula is C25H25NO2. The van der Waals surface area contributed by atoms with Crippen LogP contribution < -0.4 is 4.90 Å². The number of rotatable bonds is 8. The molecule has 3 rings (SSSR count). The number of allylic oxidation sites excluding steroid dienone is 1. The predicted molar refractivity (Wildman–Crippen MR) is 115 cm³/mol. The van der Waals surface area contributed by atoms with Gasteiger partial charge in [-0.3, -0.25) is 0 Å². The van der Waals surface area contributed by atoms with Crippen molar-refractivity contribution in [3.8, 4) is 0 Å². The molecule has 0 aliphatic rings. The summed E-state index contributed by atoms with van der Waals surface area (Å²) in [6.07, 6.45) is 1.98. The summed E-state index contributed by atoms with van der Waals surface area (Å²) in [5, 5.41) is 9.16. The van der Waals surface area contributed by atoms with Gasteiger partial charge in [0.05, 0.1) is 0 Å². The molecule has 0 aliphatic heterocycles. The monoisotopic (exact) mass is 371 g/mol. The zero-order valence-corrected chi connectivity index (χ0v) is 16.1. The van der Waals surface area contributed by atoms with Gasteiger partial charge >= 0.3 is 5.97 Å². The molecule has 0 aliphatic carbocycles. The van der Waals surface area contributed by atoms with E-state index in [1.807, 2.05) is 31.2 Å². The normalized spacial score (nSPS) is 11.2. The Morgan fingerprint density at radius 3 is 1.93 bits per heavy atom. The Hall–Kier alpha value is -3.33. The number of benzene rings is 3. The topological polar surface area (TPSA) is 40.5 Å². The lowest BCUT2D eigenvalue weighted by Crippen LogP contribution is -2.22. The minimum Gasteiger partial charge on any atom is -0.478 e. The van der Waals surface area contributed by atoms with Crippen molar-refractivity contribution in [2.75, 3.05) is 4.90 Å². The van der Waals surface area contributed by atoms with Crippen LogP contribution in [0, 0.1) is 0 Å². The number of anilines is 1. The summed E-state index contributed by atoms with van der Waals surface area (Å²) in [5.41, 5.74) is 5.33. The molecule has 0 unspecified atom stereocenters. The number of carbonyl (C=O) groups is 1. The molecule has 0 aromatic heterocycles. The highest BCUT2D eigenvalue weighted by Gasteiger charge is 2.11. The molecule has 0 heterocycles. The quantitative estimate of drug-likeness (QED) is 0.511. The second-order valence-corrected chi connectivity index (χ2v) is 6.74. The molecular weight excluding hydrogens is 346 g/mol. The van der Waals surface area contributed by atoms with Gasteiger partial charge in [-0.05, 0) is 40.8 Å². The first-order valence-electron chi connectivity index (χ1n) is 9.52. The lowest BCUT2D eigenvalue weighted by Gasteiger charge is -2.26. The summed E-state index contributed by atoms with van der Waals surface area (Å²) in [5.74, 6) is -0.910. The average Bonchev–Trinajstić information content (AvgIpc) is 2.73.